The predicted molar refractivity (Wildman–Crippen MR) is 93.5 cm³/mol. The minimum atomic E-state index is -0.966. The van der Waals surface area contributed by atoms with Crippen LogP contribution in [0.15, 0.2) is 22.7 Å². The van der Waals surface area contributed by atoms with E-state index >= 15 is 0 Å². The van der Waals surface area contributed by atoms with Crippen LogP contribution < -0.4 is 4.74 Å². The lowest BCUT2D eigenvalue weighted by Gasteiger charge is -2.22. The van der Waals surface area contributed by atoms with Crippen LogP contribution in [0.5, 0.6) is 5.75 Å². The van der Waals surface area contributed by atoms with Crippen molar-refractivity contribution >= 4 is 11.4 Å². The van der Waals surface area contributed by atoms with E-state index in [0.717, 1.165) is 0 Å². The van der Waals surface area contributed by atoms with E-state index in [2.05, 4.69) is 15.2 Å². The summed E-state index contributed by atoms with van der Waals surface area (Å²) in [7, 11) is 0. The van der Waals surface area contributed by atoms with Crippen molar-refractivity contribution in [2.75, 3.05) is 13.2 Å². The summed E-state index contributed by atoms with van der Waals surface area (Å²) in [4.78, 5) is 17.6. The molecule has 0 radical (unpaired) electrons. The number of fused-ring (bicyclic) bond motifs is 1. The number of aryl methyl sites for hydroxylation is 2. The second-order valence-corrected chi connectivity index (χ2v) is 6.49. The van der Waals surface area contributed by atoms with Gasteiger partial charge >= 0.3 is 0 Å². The van der Waals surface area contributed by atoms with E-state index in [1.54, 1.807) is 31.4 Å². The number of carbonyl (C=O) groups is 1. The van der Waals surface area contributed by atoms with Gasteiger partial charge in [0.05, 0.1) is 24.3 Å². The van der Waals surface area contributed by atoms with Crippen LogP contribution in [0.2, 0.25) is 0 Å². The number of rotatable bonds is 7. The SMILES string of the molecule is CCOc1cccn2c(C(=O)CC(C)(CO)c3nnc(C)o3)c(C)nc12. The van der Waals surface area contributed by atoms with Gasteiger partial charge < -0.3 is 14.3 Å². The number of aliphatic hydroxyl groups excluding tert-OH is 1. The Bertz CT molecular complexity index is 946. The third kappa shape index (κ3) is 3.08. The maximum absolute atomic E-state index is 13.1. The lowest BCUT2D eigenvalue weighted by atomic mass is 9.84. The number of aliphatic hydroxyl groups is 1. The Morgan fingerprint density at radius 2 is 2.15 bits per heavy atom. The first kappa shape index (κ1) is 18.1. The van der Waals surface area contributed by atoms with Crippen LogP contribution in [0.4, 0.5) is 0 Å². The molecule has 3 rings (SSSR count). The number of pyridine rings is 1. The van der Waals surface area contributed by atoms with E-state index in [0.29, 0.717) is 35.3 Å². The van der Waals surface area contributed by atoms with Crippen molar-refractivity contribution in [3.8, 4) is 5.75 Å². The van der Waals surface area contributed by atoms with Crippen molar-refractivity contribution in [3.63, 3.8) is 0 Å². The van der Waals surface area contributed by atoms with Crippen molar-refractivity contribution in [1.82, 2.24) is 19.6 Å². The number of hydrogen-bond donors (Lipinski definition) is 1. The third-order valence-corrected chi connectivity index (χ3v) is 4.29. The molecule has 0 aromatic carbocycles. The van der Waals surface area contributed by atoms with Gasteiger partial charge in [-0.2, -0.15) is 0 Å². The zero-order valence-corrected chi connectivity index (χ0v) is 15.3. The molecule has 3 heterocycles. The van der Waals surface area contributed by atoms with Crippen molar-refractivity contribution in [1.29, 1.82) is 0 Å². The largest absolute Gasteiger partial charge is 0.490 e. The fourth-order valence-corrected chi connectivity index (χ4v) is 2.94. The molecule has 8 heteroatoms. The van der Waals surface area contributed by atoms with Gasteiger partial charge in [-0.1, -0.05) is 0 Å². The van der Waals surface area contributed by atoms with Gasteiger partial charge in [-0.15, -0.1) is 10.2 Å². The molecule has 3 aromatic heterocycles. The van der Waals surface area contributed by atoms with Gasteiger partial charge in [-0.05, 0) is 32.9 Å². The van der Waals surface area contributed by atoms with Gasteiger partial charge in [-0.25, -0.2) is 4.98 Å². The molecule has 0 amide bonds. The Kier molecular flexibility index (Phi) is 4.78. The molecule has 1 unspecified atom stereocenters. The summed E-state index contributed by atoms with van der Waals surface area (Å²) >= 11 is 0. The van der Waals surface area contributed by atoms with Crippen molar-refractivity contribution in [2.45, 2.75) is 39.5 Å². The molecule has 0 aliphatic carbocycles. The summed E-state index contributed by atoms with van der Waals surface area (Å²) < 4.78 is 12.8. The number of ether oxygens (including phenoxy) is 1. The van der Waals surface area contributed by atoms with Crippen LogP contribution in [0.25, 0.3) is 5.65 Å². The summed E-state index contributed by atoms with van der Waals surface area (Å²) in [5, 5.41) is 17.6. The van der Waals surface area contributed by atoms with Crippen LogP contribution in [-0.4, -0.2) is 43.7 Å². The molecule has 0 aliphatic heterocycles. The molecule has 1 atom stereocenters. The van der Waals surface area contributed by atoms with Gasteiger partial charge in [-0.3, -0.25) is 9.20 Å². The van der Waals surface area contributed by atoms with Crippen molar-refractivity contribution in [2.24, 2.45) is 0 Å². The number of aromatic nitrogens is 4. The van der Waals surface area contributed by atoms with Crippen molar-refractivity contribution in [3.05, 3.63) is 41.5 Å². The minimum Gasteiger partial charge on any atom is -0.490 e. The summed E-state index contributed by atoms with van der Waals surface area (Å²) in [5.41, 5.74) is 0.683. The molecule has 3 aromatic rings. The Balaban J connectivity index is 1.99. The van der Waals surface area contributed by atoms with Crippen LogP contribution in [0.3, 0.4) is 0 Å². The molecule has 26 heavy (non-hydrogen) atoms. The van der Waals surface area contributed by atoms with E-state index in [1.165, 1.54) is 0 Å². The highest BCUT2D eigenvalue weighted by Crippen LogP contribution is 2.30. The van der Waals surface area contributed by atoms with Crippen LogP contribution >= 0.6 is 0 Å². The topological polar surface area (TPSA) is 103 Å². The number of carbonyl (C=O) groups excluding carboxylic acids is 1. The van der Waals surface area contributed by atoms with Crippen LogP contribution in [-0.2, 0) is 5.41 Å². The van der Waals surface area contributed by atoms with Gasteiger partial charge in [0.2, 0.25) is 11.8 Å². The lowest BCUT2D eigenvalue weighted by molar-refractivity contribution is 0.0888. The molecule has 138 valence electrons. The molecular weight excluding hydrogens is 336 g/mol. The molecule has 0 spiro atoms. The van der Waals surface area contributed by atoms with Gasteiger partial charge in [0.1, 0.15) is 5.69 Å². The zero-order chi connectivity index (χ0) is 18.9. The standard InChI is InChI=1S/C18H22N4O4/c1-5-25-14-7-6-8-22-15(11(2)19-16(14)22)13(24)9-18(4,10-23)17-21-20-12(3)26-17/h6-8,23H,5,9-10H2,1-4H3. The lowest BCUT2D eigenvalue weighted by Crippen LogP contribution is -2.31. The molecule has 0 saturated carbocycles. The molecule has 1 N–H and O–H groups in total. The van der Waals surface area contributed by atoms with E-state index in [4.69, 9.17) is 9.15 Å². The highest BCUT2D eigenvalue weighted by Gasteiger charge is 2.36. The van der Waals surface area contributed by atoms with E-state index in [9.17, 15) is 9.90 Å². The molecule has 8 nitrogen and oxygen atoms in total. The summed E-state index contributed by atoms with van der Waals surface area (Å²) in [6.07, 6.45) is 1.79. The average molecular weight is 358 g/mol. The third-order valence-electron chi connectivity index (χ3n) is 4.29. The first-order chi connectivity index (χ1) is 12.4. The molecule has 0 saturated heterocycles. The Morgan fingerprint density at radius 3 is 2.77 bits per heavy atom. The molecule has 0 bridgehead atoms. The average Bonchev–Trinajstić information content (AvgIpc) is 3.18. The summed E-state index contributed by atoms with van der Waals surface area (Å²) in [6.45, 7) is 7.28. The monoisotopic (exact) mass is 358 g/mol. The summed E-state index contributed by atoms with van der Waals surface area (Å²) in [5.74, 6) is 1.08. The Hall–Kier alpha value is -2.74. The number of hydrogen-bond acceptors (Lipinski definition) is 7. The normalized spacial score (nSPS) is 13.7. The quantitative estimate of drug-likeness (QED) is 0.646. The van der Waals surface area contributed by atoms with Crippen molar-refractivity contribution < 1.29 is 19.1 Å². The maximum atomic E-state index is 13.1. The molecule has 0 aliphatic rings. The number of imidazole rings is 1. The summed E-state index contributed by atoms with van der Waals surface area (Å²) in [6, 6.07) is 3.63. The fraction of sp³-hybridized carbons (Fsp3) is 0.444. The smallest absolute Gasteiger partial charge is 0.225 e. The second-order valence-electron chi connectivity index (χ2n) is 6.49. The Labute approximate surface area is 150 Å². The first-order valence-corrected chi connectivity index (χ1v) is 8.44. The van der Waals surface area contributed by atoms with Gasteiger partial charge in [0, 0.05) is 19.5 Å². The highest BCUT2D eigenvalue weighted by molar-refractivity contribution is 5.97. The predicted octanol–water partition coefficient (Wildman–Crippen LogP) is 2.26. The first-order valence-electron chi connectivity index (χ1n) is 8.44. The number of nitrogens with zero attached hydrogens (tertiary/aromatic N) is 4. The van der Waals surface area contributed by atoms with E-state index in [-0.39, 0.29) is 24.7 Å². The van der Waals surface area contributed by atoms with Gasteiger partial charge in [0.15, 0.2) is 17.2 Å². The maximum Gasteiger partial charge on any atom is 0.225 e. The zero-order valence-electron chi connectivity index (χ0n) is 15.3. The fourth-order valence-electron chi connectivity index (χ4n) is 2.94. The van der Waals surface area contributed by atoms with Gasteiger partial charge in [0.25, 0.3) is 0 Å². The number of Topliss-reactive ketones (excluding diaryl/α,β-unsaturated/α-hetero) is 1. The van der Waals surface area contributed by atoms with Crippen LogP contribution in [0.1, 0.15) is 48.2 Å². The molecular formula is C18H22N4O4. The number of ketones is 1. The molecule has 0 fully saturated rings. The van der Waals surface area contributed by atoms with E-state index in [1.807, 2.05) is 19.1 Å². The Morgan fingerprint density at radius 1 is 1.38 bits per heavy atom. The second kappa shape index (κ2) is 6.87. The highest BCUT2D eigenvalue weighted by atomic mass is 16.5. The van der Waals surface area contributed by atoms with E-state index < -0.39 is 5.41 Å². The minimum absolute atomic E-state index is 0.0125. The van der Waals surface area contributed by atoms with Crippen LogP contribution in [0, 0.1) is 13.8 Å².